The highest BCUT2D eigenvalue weighted by Gasteiger charge is 2.34. The molecule has 2 aliphatic heterocycles. The second-order valence-electron chi connectivity index (χ2n) is 8.58. The zero-order valence-corrected chi connectivity index (χ0v) is 19.4. The largest absolute Gasteiger partial charge is 0.417 e. The van der Waals surface area contributed by atoms with E-state index in [4.69, 9.17) is 0 Å². The fourth-order valence-corrected chi connectivity index (χ4v) is 4.35. The summed E-state index contributed by atoms with van der Waals surface area (Å²) in [5.74, 6) is 0.734. The van der Waals surface area contributed by atoms with Gasteiger partial charge in [0.05, 0.1) is 11.6 Å². The van der Waals surface area contributed by atoms with Crippen molar-refractivity contribution in [2.24, 2.45) is 9.98 Å². The van der Waals surface area contributed by atoms with Gasteiger partial charge in [-0.25, -0.2) is 20.0 Å². The number of aromatic nitrogens is 2. The average molecular weight is 473 g/mol. The molecule has 3 heterocycles. The number of likely N-dealkylation sites (tertiary alicyclic amines) is 1. The van der Waals surface area contributed by atoms with Crippen LogP contribution in [0, 0.1) is 0 Å². The Morgan fingerprint density at radius 1 is 1.18 bits per heavy atom. The third-order valence-electron chi connectivity index (χ3n) is 6.25. The van der Waals surface area contributed by atoms with Crippen LogP contribution in [0.5, 0.6) is 0 Å². The number of piperidine rings is 1. The lowest BCUT2D eigenvalue weighted by Crippen LogP contribution is -2.36. The molecule has 0 radical (unpaired) electrons. The molecule has 1 aromatic carbocycles. The smallest absolute Gasteiger partial charge is 0.343 e. The van der Waals surface area contributed by atoms with Gasteiger partial charge in [0.2, 0.25) is 11.9 Å². The Bertz CT molecular complexity index is 1140. The van der Waals surface area contributed by atoms with Crippen molar-refractivity contribution in [1.29, 1.82) is 0 Å². The van der Waals surface area contributed by atoms with Crippen molar-refractivity contribution in [3.05, 3.63) is 41.6 Å². The maximum Gasteiger partial charge on any atom is 0.417 e. The van der Waals surface area contributed by atoms with Gasteiger partial charge in [-0.1, -0.05) is 25.1 Å². The number of halogens is 3. The van der Waals surface area contributed by atoms with Gasteiger partial charge in [0.25, 0.3) is 0 Å². The minimum atomic E-state index is -4.54. The molecule has 0 aliphatic carbocycles. The van der Waals surface area contributed by atoms with Gasteiger partial charge in [-0.15, -0.1) is 0 Å². The van der Waals surface area contributed by atoms with Crippen LogP contribution in [-0.2, 0) is 11.0 Å². The number of rotatable bonds is 4. The summed E-state index contributed by atoms with van der Waals surface area (Å²) in [4.78, 5) is 31.4. The van der Waals surface area contributed by atoms with Crippen molar-refractivity contribution in [2.45, 2.75) is 58.2 Å². The predicted octanol–water partition coefficient (Wildman–Crippen LogP) is 4.91. The fourth-order valence-electron chi connectivity index (χ4n) is 4.35. The number of guanidine groups is 1. The van der Waals surface area contributed by atoms with E-state index in [2.05, 4.69) is 25.3 Å². The van der Waals surface area contributed by atoms with Gasteiger partial charge in [-0.3, -0.25) is 4.79 Å². The Hall–Kier alpha value is -3.30. The Kier molecular flexibility index (Phi) is 6.67. The first kappa shape index (κ1) is 23.8. The molecule has 1 N–H and O–H groups in total. The summed E-state index contributed by atoms with van der Waals surface area (Å²) in [5.41, 5.74) is 0.640. The molecule has 2 aliphatic rings. The summed E-state index contributed by atoms with van der Waals surface area (Å²) in [6, 6.07) is 7.03. The molecular formula is C24H27F3N6O. The molecule has 34 heavy (non-hydrogen) atoms. The zero-order valence-electron chi connectivity index (χ0n) is 19.4. The SMILES string of the molecule is CCC1N=C(Nc2cc(C3CCN(C(C)=O)CC3)nc(-c3ccccc3C(F)(F)F)n2)N=C1C. The number of amides is 1. The second kappa shape index (κ2) is 9.52. The topological polar surface area (TPSA) is 82.8 Å². The number of anilines is 1. The van der Waals surface area contributed by atoms with Crippen LogP contribution in [0.1, 0.15) is 57.2 Å². The van der Waals surface area contributed by atoms with E-state index in [9.17, 15) is 18.0 Å². The van der Waals surface area contributed by atoms with Crippen molar-refractivity contribution in [3.8, 4) is 11.4 Å². The number of nitrogens with zero attached hydrogens (tertiary/aromatic N) is 5. The van der Waals surface area contributed by atoms with Gasteiger partial charge in [0.15, 0.2) is 5.82 Å². The maximum atomic E-state index is 13.7. The minimum Gasteiger partial charge on any atom is -0.343 e. The summed E-state index contributed by atoms with van der Waals surface area (Å²) in [5, 5.41) is 3.08. The summed E-state index contributed by atoms with van der Waals surface area (Å²) >= 11 is 0. The average Bonchev–Trinajstić information content (AvgIpc) is 3.17. The number of benzene rings is 1. The van der Waals surface area contributed by atoms with Crippen LogP contribution in [0.25, 0.3) is 11.4 Å². The lowest BCUT2D eigenvalue weighted by molar-refractivity contribution is -0.137. The van der Waals surface area contributed by atoms with Gasteiger partial charge in [-0.05, 0) is 32.3 Å². The van der Waals surface area contributed by atoms with E-state index in [1.807, 2.05) is 13.8 Å². The lowest BCUT2D eigenvalue weighted by Gasteiger charge is -2.31. The molecular weight excluding hydrogens is 445 g/mol. The number of hydrogen-bond acceptors (Lipinski definition) is 6. The van der Waals surface area contributed by atoms with Crippen LogP contribution in [0.3, 0.4) is 0 Å². The molecule has 0 saturated carbocycles. The van der Waals surface area contributed by atoms with E-state index < -0.39 is 11.7 Å². The van der Waals surface area contributed by atoms with E-state index in [1.165, 1.54) is 19.1 Å². The third-order valence-corrected chi connectivity index (χ3v) is 6.25. The van der Waals surface area contributed by atoms with Crippen molar-refractivity contribution < 1.29 is 18.0 Å². The molecule has 0 spiro atoms. The first-order valence-corrected chi connectivity index (χ1v) is 11.4. The van der Waals surface area contributed by atoms with E-state index >= 15 is 0 Å². The molecule has 1 saturated heterocycles. The Morgan fingerprint density at radius 2 is 1.88 bits per heavy atom. The second-order valence-corrected chi connectivity index (χ2v) is 8.58. The molecule has 1 amide bonds. The molecule has 1 atom stereocenters. The van der Waals surface area contributed by atoms with Crippen LogP contribution in [0.4, 0.5) is 19.0 Å². The van der Waals surface area contributed by atoms with E-state index in [1.54, 1.807) is 17.0 Å². The first-order valence-electron chi connectivity index (χ1n) is 11.4. The summed E-state index contributed by atoms with van der Waals surface area (Å²) < 4.78 is 41.1. The Balaban J connectivity index is 1.73. The summed E-state index contributed by atoms with van der Waals surface area (Å²) in [6.45, 7) is 6.60. The fraction of sp³-hybridized carbons (Fsp3) is 0.458. The van der Waals surface area contributed by atoms with Crippen molar-refractivity contribution in [2.75, 3.05) is 18.4 Å². The number of carbonyl (C=O) groups is 1. The van der Waals surface area contributed by atoms with Gasteiger partial charge in [-0.2, -0.15) is 13.2 Å². The number of alkyl halides is 3. The van der Waals surface area contributed by atoms with Crippen molar-refractivity contribution >= 4 is 23.4 Å². The highest BCUT2D eigenvalue weighted by atomic mass is 19.4. The molecule has 7 nitrogen and oxygen atoms in total. The first-order chi connectivity index (χ1) is 16.2. The van der Waals surface area contributed by atoms with Gasteiger partial charge < -0.3 is 10.2 Å². The van der Waals surface area contributed by atoms with Crippen LogP contribution < -0.4 is 5.32 Å². The highest BCUT2D eigenvalue weighted by molar-refractivity contribution is 6.08. The quantitative estimate of drug-likeness (QED) is 0.686. The monoisotopic (exact) mass is 472 g/mol. The molecule has 10 heteroatoms. The standard InChI is InChI=1S/C24H27F3N6O/c1-4-19-14(2)28-23(30-19)32-21-13-20(16-9-11-33(12-10-16)15(3)34)29-22(31-21)17-7-5-6-8-18(17)24(25,26)27/h5-8,13,16,19H,4,9-12H2,1-3H3,(H,29,30,31,32). The third kappa shape index (κ3) is 5.10. The van der Waals surface area contributed by atoms with Crippen LogP contribution >= 0.6 is 0 Å². The normalized spacial score (nSPS) is 19.1. The number of hydrogen-bond donors (Lipinski definition) is 1. The van der Waals surface area contributed by atoms with Crippen LogP contribution in [0.15, 0.2) is 40.3 Å². The minimum absolute atomic E-state index is 0.00454. The number of nitrogens with one attached hydrogen (secondary N) is 1. The van der Waals surface area contributed by atoms with Crippen molar-refractivity contribution in [3.63, 3.8) is 0 Å². The Labute approximate surface area is 196 Å². The van der Waals surface area contributed by atoms with E-state index in [0.717, 1.165) is 18.2 Å². The summed E-state index contributed by atoms with van der Waals surface area (Å²) in [6.07, 6.45) is -2.39. The highest BCUT2D eigenvalue weighted by Crippen LogP contribution is 2.37. The van der Waals surface area contributed by atoms with Crippen LogP contribution in [0.2, 0.25) is 0 Å². The Morgan fingerprint density at radius 3 is 2.50 bits per heavy atom. The van der Waals surface area contributed by atoms with Gasteiger partial charge in [0.1, 0.15) is 5.82 Å². The molecule has 180 valence electrons. The van der Waals surface area contributed by atoms with Crippen molar-refractivity contribution in [1.82, 2.24) is 14.9 Å². The van der Waals surface area contributed by atoms with Gasteiger partial charge >= 0.3 is 6.18 Å². The molecule has 4 rings (SSSR count). The number of aliphatic imine (C=N–C) groups is 2. The van der Waals surface area contributed by atoms with Crippen LogP contribution in [-0.4, -0.2) is 51.6 Å². The number of carbonyl (C=O) groups excluding carboxylic acids is 1. The molecule has 2 aromatic rings. The molecule has 1 aromatic heterocycles. The molecule has 1 fully saturated rings. The maximum absolute atomic E-state index is 13.7. The zero-order chi connectivity index (χ0) is 24.5. The predicted molar refractivity (Wildman–Crippen MR) is 125 cm³/mol. The van der Waals surface area contributed by atoms with Gasteiger partial charge in [0, 0.05) is 49.0 Å². The lowest BCUT2D eigenvalue weighted by atomic mass is 9.93. The molecule has 1 unspecified atom stereocenters. The van der Waals surface area contributed by atoms with E-state index in [0.29, 0.717) is 43.4 Å². The van der Waals surface area contributed by atoms with E-state index in [-0.39, 0.29) is 29.3 Å². The molecule has 0 bridgehead atoms. The summed E-state index contributed by atoms with van der Waals surface area (Å²) in [7, 11) is 0.